The van der Waals surface area contributed by atoms with Crippen molar-refractivity contribution in [2.24, 2.45) is 0 Å². The molecule has 0 unspecified atom stereocenters. The smallest absolute Gasteiger partial charge is 0.352 e. The molecular formula is C21H19F2N5O6S. The topological polar surface area (TPSA) is 143 Å². The van der Waals surface area contributed by atoms with Gasteiger partial charge in [-0.1, -0.05) is 0 Å². The summed E-state index contributed by atoms with van der Waals surface area (Å²) in [5, 5.41) is 15.4. The first-order chi connectivity index (χ1) is 16.7. The predicted octanol–water partition coefficient (Wildman–Crippen LogP) is 1.46. The summed E-state index contributed by atoms with van der Waals surface area (Å²) in [6.45, 7) is 0.925. The Morgan fingerprint density at radius 2 is 2.09 bits per heavy atom. The second-order valence-electron chi connectivity index (χ2n) is 8.37. The number of carbonyl (C=O) groups is 4. The third-order valence-electron chi connectivity index (χ3n) is 5.97. The van der Waals surface area contributed by atoms with Crippen LogP contribution in [0.25, 0.3) is 5.65 Å². The molecule has 2 atom stereocenters. The van der Waals surface area contributed by atoms with E-state index in [4.69, 9.17) is 4.74 Å². The molecule has 1 saturated carbocycles. The van der Waals surface area contributed by atoms with Gasteiger partial charge in [0.05, 0.1) is 6.20 Å². The summed E-state index contributed by atoms with van der Waals surface area (Å²) >= 11 is 1.21. The number of β-lactam (4-membered cyclic amide) rings is 1. The highest BCUT2D eigenvalue weighted by Crippen LogP contribution is 2.41. The Kier molecular flexibility index (Phi) is 5.69. The fourth-order valence-corrected chi connectivity index (χ4v) is 5.44. The van der Waals surface area contributed by atoms with Gasteiger partial charge >= 0.3 is 11.9 Å². The van der Waals surface area contributed by atoms with E-state index in [0.29, 0.717) is 5.69 Å². The van der Waals surface area contributed by atoms with Crippen LogP contribution in [0, 0.1) is 0 Å². The standard InChI is InChI=1S/C21H19F2N5O6S/c1-8(29)34-6-10-7-35-20-14(19(31)27(20)15(10)21(32)33)26-18(30)11-5-24-28-13(16(22)23)4-12(9-2-3-9)25-17(11)28/h4-5,9,14,16,20H,2-3,6-7H2,1H3,(H,26,30)(H,32,33)/t14-,20+/m0/s1. The summed E-state index contributed by atoms with van der Waals surface area (Å²) in [6.07, 6.45) is -0.0524. The van der Waals surface area contributed by atoms with Crippen LogP contribution in [0.2, 0.25) is 0 Å². The third kappa shape index (κ3) is 4.00. The number of carboxylic acids is 1. The first kappa shape index (κ1) is 23.2. The van der Waals surface area contributed by atoms with E-state index < -0.39 is 41.6 Å². The zero-order valence-corrected chi connectivity index (χ0v) is 19.1. The van der Waals surface area contributed by atoms with Gasteiger partial charge in [-0.3, -0.25) is 19.3 Å². The molecule has 184 valence electrons. The maximum atomic E-state index is 13.6. The molecule has 4 heterocycles. The molecule has 11 nitrogen and oxygen atoms in total. The van der Waals surface area contributed by atoms with Crippen LogP contribution in [0.1, 0.15) is 53.9 Å². The highest BCUT2D eigenvalue weighted by molar-refractivity contribution is 8.00. The Morgan fingerprint density at radius 3 is 2.71 bits per heavy atom. The number of nitrogens with one attached hydrogen (secondary N) is 1. The van der Waals surface area contributed by atoms with Crippen molar-refractivity contribution in [1.82, 2.24) is 24.8 Å². The van der Waals surface area contributed by atoms with E-state index in [-0.39, 0.29) is 46.5 Å². The van der Waals surface area contributed by atoms with Crippen molar-refractivity contribution in [3.8, 4) is 0 Å². The maximum absolute atomic E-state index is 13.6. The number of ether oxygens (including phenoxy) is 1. The second-order valence-corrected chi connectivity index (χ2v) is 9.48. The lowest BCUT2D eigenvalue weighted by Crippen LogP contribution is -2.70. The van der Waals surface area contributed by atoms with Gasteiger partial charge in [-0.15, -0.1) is 11.8 Å². The van der Waals surface area contributed by atoms with E-state index >= 15 is 0 Å². The minimum atomic E-state index is -2.82. The monoisotopic (exact) mass is 507 g/mol. The number of alkyl halides is 2. The summed E-state index contributed by atoms with van der Waals surface area (Å²) in [7, 11) is 0. The zero-order valence-electron chi connectivity index (χ0n) is 18.2. The van der Waals surface area contributed by atoms with Crippen molar-refractivity contribution >= 4 is 41.2 Å². The largest absolute Gasteiger partial charge is 0.477 e. The number of rotatable bonds is 7. The van der Waals surface area contributed by atoms with Gasteiger partial charge in [-0.2, -0.15) is 5.10 Å². The van der Waals surface area contributed by atoms with E-state index in [9.17, 15) is 33.1 Å². The SMILES string of the molecule is CC(=O)OCC1=C(C(=O)O)N2C(=O)[C@H](NC(=O)c3cnn4c(C(F)F)cc(C5CC5)nc34)[C@H]2SC1. The number of nitrogens with zero attached hydrogens (tertiary/aromatic N) is 4. The molecule has 3 aliphatic rings. The van der Waals surface area contributed by atoms with Crippen LogP contribution in [-0.4, -0.2) is 72.1 Å². The predicted molar refractivity (Wildman–Crippen MR) is 116 cm³/mol. The van der Waals surface area contributed by atoms with E-state index in [1.165, 1.54) is 24.8 Å². The fourth-order valence-electron chi connectivity index (χ4n) is 4.11. The third-order valence-corrected chi connectivity index (χ3v) is 7.31. The van der Waals surface area contributed by atoms with Gasteiger partial charge < -0.3 is 15.2 Å². The molecule has 14 heteroatoms. The first-order valence-electron chi connectivity index (χ1n) is 10.7. The van der Waals surface area contributed by atoms with Crippen LogP contribution in [-0.2, 0) is 19.1 Å². The fraction of sp³-hybridized carbons (Fsp3) is 0.429. The molecular weight excluding hydrogens is 488 g/mol. The summed E-state index contributed by atoms with van der Waals surface area (Å²) in [5.74, 6) is -3.08. The lowest BCUT2D eigenvalue weighted by Gasteiger charge is -2.49. The lowest BCUT2D eigenvalue weighted by molar-refractivity contribution is -0.149. The van der Waals surface area contributed by atoms with Crippen molar-refractivity contribution in [2.75, 3.05) is 12.4 Å². The number of fused-ring (bicyclic) bond motifs is 2. The Morgan fingerprint density at radius 1 is 1.34 bits per heavy atom. The van der Waals surface area contributed by atoms with Gasteiger partial charge in [0.25, 0.3) is 18.2 Å². The molecule has 0 bridgehead atoms. The highest BCUT2D eigenvalue weighted by atomic mass is 32.2. The van der Waals surface area contributed by atoms with E-state index in [2.05, 4.69) is 15.4 Å². The average Bonchev–Trinajstić information content (AvgIpc) is 3.58. The number of hydrogen-bond acceptors (Lipinski definition) is 8. The van der Waals surface area contributed by atoms with Gasteiger partial charge in [0.2, 0.25) is 0 Å². The molecule has 2 aliphatic heterocycles. The van der Waals surface area contributed by atoms with Crippen molar-refractivity contribution in [3.05, 3.63) is 40.5 Å². The van der Waals surface area contributed by atoms with Crippen LogP contribution in [0.15, 0.2) is 23.5 Å². The molecule has 2 aromatic heterocycles. The molecule has 1 aliphatic carbocycles. The Labute approximate surface area is 200 Å². The number of carboxylic acid groups (broad SMARTS) is 1. The minimum absolute atomic E-state index is 0.0306. The summed E-state index contributed by atoms with van der Waals surface area (Å²) < 4.78 is 33.0. The molecule has 35 heavy (non-hydrogen) atoms. The molecule has 5 rings (SSSR count). The number of carbonyl (C=O) groups excluding carboxylic acids is 3. The molecule has 0 aromatic carbocycles. The van der Waals surface area contributed by atoms with Gasteiger partial charge in [0.1, 0.15) is 35.0 Å². The minimum Gasteiger partial charge on any atom is -0.477 e. The summed E-state index contributed by atoms with van der Waals surface area (Å²) in [5.41, 5.74) is -0.0124. The zero-order chi connectivity index (χ0) is 25.0. The Bertz CT molecular complexity index is 1310. The van der Waals surface area contributed by atoms with Gasteiger partial charge in [0, 0.05) is 29.9 Å². The number of hydrogen-bond donors (Lipinski definition) is 2. The molecule has 2 aromatic rings. The molecule has 0 radical (unpaired) electrons. The van der Waals surface area contributed by atoms with Gasteiger partial charge in [-0.05, 0) is 18.9 Å². The number of esters is 1. The van der Waals surface area contributed by atoms with Crippen molar-refractivity contribution in [1.29, 1.82) is 0 Å². The van der Waals surface area contributed by atoms with Gasteiger partial charge in [-0.25, -0.2) is 23.1 Å². The van der Waals surface area contributed by atoms with Crippen LogP contribution >= 0.6 is 11.8 Å². The van der Waals surface area contributed by atoms with Crippen LogP contribution < -0.4 is 5.32 Å². The normalized spacial score (nSPS) is 21.7. The van der Waals surface area contributed by atoms with E-state index in [1.807, 2.05) is 0 Å². The van der Waals surface area contributed by atoms with Crippen LogP contribution in [0.3, 0.4) is 0 Å². The number of thioether (sulfide) groups is 1. The summed E-state index contributed by atoms with van der Waals surface area (Å²) in [6, 6.07) is 0.261. The Hall–Kier alpha value is -3.55. The molecule has 2 amide bonds. The number of aliphatic carboxylic acids is 1. The molecule has 1 saturated heterocycles. The van der Waals surface area contributed by atoms with E-state index in [1.54, 1.807) is 0 Å². The van der Waals surface area contributed by atoms with Crippen molar-refractivity contribution < 1.29 is 37.8 Å². The molecule has 2 fully saturated rings. The van der Waals surface area contributed by atoms with E-state index in [0.717, 1.165) is 28.5 Å². The highest BCUT2D eigenvalue weighted by Gasteiger charge is 2.54. The maximum Gasteiger partial charge on any atom is 0.352 e. The lowest BCUT2D eigenvalue weighted by atomic mass is 10.0. The second kappa shape index (κ2) is 8.59. The average molecular weight is 507 g/mol. The number of halogens is 2. The number of amides is 2. The number of aromatic nitrogens is 3. The molecule has 0 spiro atoms. The van der Waals surface area contributed by atoms with Crippen LogP contribution in [0.4, 0.5) is 8.78 Å². The van der Waals surface area contributed by atoms with Crippen LogP contribution in [0.5, 0.6) is 0 Å². The quantitative estimate of drug-likeness (QED) is 0.420. The summed E-state index contributed by atoms with van der Waals surface area (Å²) in [4.78, 5) is 54.2. The van der Waals surface area contributed by atoms with Crippen molar-refractivity contribution in [2.45, 2.75) is 43.5 Å². The Balaban J connectivity index is 1.39. The first-order valence-corrected chi connectivity index (χ1v) is 11.7. The van der Waals surface area contributed by atoms with Gasteiger partial charge in [0.15, 0.2) is 5.65 Å². The molecule has 2 N–H and O–H groups in total. The van der Waals surface area contributed by atoms with Crippen molar-refractivity contribution in [3.63, 3.8) is 0 Å².